The van der Waals surface area contributed by atoms with Crippen molar-refractivity contribution in [3.05, 3.63) is 0 Å². The molecule has 1 saturated carbocycles. The molecule has 0 atom stereocenters. The van der Waals surface area contributed by atoms with Gasteiger partial charge in [-0.05, 0) is 20.6 Å². The highest BCUT2D eigenvalue weighted by Crippen LogP contribution is 2.28. The second-order valence-corrected chi connectivity index (χ2v) is 3.27. The SMILES string of the molecule is CN(C)CC1([O-])CCC1. The van der Waals surface area contributed by atoms with Crippen molar-refractivity contribution in [3.63, 3.8) is 0 Å². The largest absolute Gasteiger partial charge is 0.849 e. The molecule has 0 heterocycles. The molecule has 2 heteroatoms. The van der Waals surface area contributed by atoms with Crippen LogP contribution in [0.25, 0.3) is 0 Å². The Morgan fingerprint density at radius 3 is 2.11 bits per heavy atom. The highest BCUT2D eigenvalue weighted by atomic mass is 16.3. The molecule has 0 radical (unpaired) electrons. The van der Waals surface area contributed by atoms with E-state index in [0.29, 0.717) is 6.54 Å². The van der Waals surface area contributed by atoms with Crippen molar-refractivity contribution in [1.82, 2.24) is 4.90 Å². The molecule has 0 aromatic rings. The van der Waals surface area contributed by atoms with Gasteiger partial charge in [0.15, 0.2) is 0 Å². The number of nitrogens with zero attached hydrogens (tertiary/aromatic N) is 1. The minimum atomic E-state index is -0.580. The molecule has 1 rings (SSSR count). The third kappa shape index (κ3) is 1.66. The quantitative estimate of drug-likeness (QED) is 0.516. The van der Waals surface area contributed by atoms with E-state index in [2.05, 4.69) is 0 Å². The lowest BCUT2D eigenvalue weighted by molar-refractivity contribution is -0.499. The van der Waals surface area contributed by atoms with Crippen molar-refractivity contribution in [3.8, 4) is 0 Å². The van der Waals surface area contributed by atoms with E-state index in [-0.39, 0.29) is 0 Å². The molecule has 0 spiro atoms. The molecule has 0 amide bonds. The minimum absolute atomic E-state index is 0.580. The van der Waals surface area contributed by atoms with Crippen LogP contribution >= 0.6 is 0 Å². The molecular weight excluding hydrogens is 114 g/mol. The van der Waals surface area contributed by atoms with E-state index in [1.807, 2.05) is 19.0 Å². The number of hydrogen-bond donors (Lipinski definition) is 0. The molecule has 1 aliphatic rings. The number of rotatable bonds is 2. The second-order valence-electron chi connectivity index (χ2n) is 3.27. The molecule has 0 bridgehead atoms. The van der Waals surface area contributed by atoms with Crippen LogP contribution in [0.5, 0.6) is 0 Å². The molecule has 0 saturated heterocycles. The first-order valence-corrected chi connectivity index (χ1v) is 3.48. The van der Waals surface area contributed by atoms with Crippen molar-refractivity contribution >= 4 is 0 Å². The molecule has 2 nitrogen and oxygen atoms in total. The van der Waals surface area contributed by atoms with Crippen LogP contribution < -0.4 is 5.11 Å². The summed E-state index contributed by atoms with van der Waals surface area (Å²) >= 11 is 0. The van der Waals surface area contributed by atoms with E-state index < -0.39 is 5.60 Å². The van der Waals surface area contributed by atoms with Gasteiger partial charge in [0.25, 0.3) is 0 Å². The van der Waals surface area contributed by atoms with Crippen molar-refractivity contribution in [1.29, 1.82) is 0 Å². The predicted octanol–water partition coefficient (Wildman–Crippen LogP) is -0.169. The van der Waals surface area contributed by atoms with Gasteiger partial charge in [0.2, 0.25) is 0 Å². The average Bonchev–Trinajstić information content (AvgIpc) is 1.60. The maximum atomic E-state index is 11.3. The Bertz CT molecular complexity index is 97.1. The predicted molar refractivity (Wildman–Crippen MR) is 35.1 cm³/mol. The van der Waals surface area contributed by atoms with E-state index >= 15 is 0 Å². The normalized spacial score (nSPS) is 24.0. The van der Waals surface area contributed by atoms with Gasteiger partial charge in [0.05, 0.1) is 0 Å². The van der Waals surface area contributed by atoms with Crippen molar-refractivity contribution in [2.24, 2.45) is 0 Å². The Labute approximate surface area is 56.5 Å². The summed E-state index contributed by atoms with van der Waals surface area (Å²) in [5, 5.41) is 11.3. The molecule has 1 aliphatic carbocycles. The van der Waals surface area contributed by atoms with Crippen LogP contribution in [-0.4, -0.2) is 31.1 Å². The standard InChI is InChI=1S/C7H14NO/c1-8(2)6-7(9)4-3-5-7/h3-6H2,1-2H3/q-1. The summed E-state index contributed by atoms with van der Waals surface area (Å²) in [6.07, 6.45) is 2.90. The Kier molecular flexibility index (Phi) is 1.78. The van der Waals surface area contributed by atoms with Gasteiger partial charge in [-0.2, -0.15) is 0 Å². The van der Waals surface area contributed by atoms with E-state index in [0.717, 1.165) is 19.3 Å². The maximum absolute atomic E-state index is 11.3. The van der Waals surface area contributed by atoms with Crippen LogP contribution in [0.1, 0.15) is 19.3 Å². The van der Waals surface area contributed by atoms with Gasteiger partial charge in [0.1, 0.15) is 0 Å². The first-order valence-electron chi connectivity index (χ1n) is 3.48. The molecule has 9 heavy (non-hydrogen) atoms. The molecule has 1 fully saturated rings. The third-order valence-corrected chi connectivity index (χ3v) is 1.87. The monoisotopic (exact) mass is 128 g/mol. The maximum Gasteiger partial charge on any atom is -0.0121 e. The van der Waals surface area contributed by atoms with Crippen LogP contribution in [0.2, 0.25) is 0 Å². The van der Waals surface area contributed by atoms with E-state index in [1.165, 1.54) is 0 Å². The summed E-state index contributed by atoms with van der Waals surface area (Å²) < 4.78 is 0. The number of hydrogen-bond acceptors (Lipinski definition) is 2. The summed E-state index contributed by atoms with van der Waals surface area (Å²) in [5.74, 6) is 0. The van der Waals surface area contributed by atoms with Crippen LogP contribution in [0.3, 0.4) is 0 Å². The fraction of sp³-hybridized carbons (Fsp3) is 1.00. The molecule has 0 aliphatic heterocycles. The molecule has 0 aromatic heterocycles. The van der Waals surface area contributed by atoms with Crippen molar-refractivity contribution in [2.45, 2.75) is 24.9 Å². The minimum Gasteiger partial charge on any atom is -0.849 e. The van der Waals surface area contributed by atoms with Gasteiger partial charge < -0.3 is 10.0 Å². The highest BCUT2D eigenvalue weighted by molar-refractivity contribution is 4.87. The van der Waals surface area contributed by atoms with Gasteiger partial charge in [-0.25, -0.2) is 0 Å². The average molecular weight is 128 g/mol. The van der Waals surface area contributed by atoms with Crippen LogP contribution in [0, 0.1) is 0 Å². The zero-order valence-electron chi connectivity index (χ0n) is 6.18. The van der Waals surface area contributed by atoms with Gasteiger partial charge >= 0.3 is 0 Å². The zero-order valence-corrected chi connectivity index (χ0v) is 6.18. The van der Waals surface area contributed by atoms with Gasteiger partial charge in [-0.3, -0.25) is 0 Å². The van der Waals surface area contributed by atoms with Gasteiger partial charge in [-0.1, -0.05) is 19.3 Å². The Morgan fingerprint density at radius 2 is 2.00 bits per heavy atom. The summed E-state index contributed by atoms with van der Waals surface area (Å²) in [6.45, 7) is 0.715. The summed E-state index contributed by atoms with van der Waals surface area (Å²) in [6, 6.07) is 0. The molecule has 0 N–H and O–H groups in total. The van der Waals surface area contributed by atoms with Crippen molar-refractivity contribution in [2.75, 3.05) is 20.6 Å². The lowest BCUT2D eigenvalue weighted by Crippen LogP contribution is -2.56. The summed E-state index contributed by atoms with van der Waals surface area (Å²) in [5.41, 5.74) is -0.580. The lowest BCUT2D eigenvalue weighted by Gasteiger charge is -2.50. The summed E-state index contributed by atoms with van der Waals surface area (Å²) in [4.78, 5) is 1.98. The zero-order chi connectivity index (χ0) is 6.91. The summed E-state index contributed by atoms with van der Waals surface area (Å²) in [7, 11) is 3.91. The van der Waals surface area contributed by atoms with Crippen LogP contribution in [0.4, 0.5) is 0 Å². The fourth-order valence-electron chi connectivity index (χ4n) is 1.31. The molecular formula is C7H14NO-. The van der Waals surface area contributed by atoms with E-state index in [1.54, 1.807) is 0 Å². The van der Waals surface area contributed by atoms with Crippen LogP contribution in [-0.2, 0) is 0 Å². The first-order chi connectivity index (χ1) is 4.12. The first kappa shape index (κ1) is 7.03. The Morgan fingerprint density at radius 1 is 1.44 bits per heavy atom. The van der Waals surface area contributed by atoms with Crippen LogP contribution in [0.15, 0.2) is 0 Å². The van der Waals surface area contributed by atoms with E-state index in [9.17, 15) is 5.11 Å². The molecule has 0 unspecified atom stereocenters. The Balaban J connectivity index is 2.24. The number of likely N-dealkylation sites (N-methyl/N-ethyl adjacent to an activating group) is 1. The molecule has 54 valence electrons. The van der Waals surface area contributed by atoms with Crippen molar-refractivity contribution < 1.29 is 5.11 Å². The third-order valence-electron chi connectivity index (χ3n) is 1.87. The van der Waals surface area contributed by atoms with Gasteiger partial charge in [-0.15, -0.1) is 5.60 Å². The highest BCUT2D eigenvalue weighted by Gasteiger charge is 2.24. The topological polar surface area (TPSA) is 26.3 Å². The molecule has 0 aromatic carbocycles. The fourth-order valence-corrected chi connectivity index (χ4v) is 1.31. The van der Waals surface area contributed by atoms with E-state index in [4.69, 9.17) is 0 Å². The van der Waals surface area contributed by atoms with Gasteiger partial charge in [0, 0.05) is 0 Å². The smallest absolute Gasteiger partial charge is 0.0121 e. The lowest BCUT2D eigenvalue weighted by atomic mass is 9.80. The second kappa shape index (κ2) is 2.27. The Hall–Kier alpha value is -0.0800.